The summed E-state index contributed by atoms with van der Waals surface area (Å²) in [5, 5.41) is 8.72. The number of hydrogen-bond acceptors (Lipinski definition) is 3. The molecule has 0 aliphatic carbocycles. The summed E-state index contributed by atoms with van der Waals surface area (Å²) < 4.78 is 15.8. The Kier molecular flexibility index (Phi) is 4.27. The van der Waals surface area contributed by atoms with Crippen LogP contribution in [-0.4, -0.2) is 22.3 Å². The van der Waals surface area contributed by atoms with Gasteiger partial charge in [-0.1, -0.05) is 0 Å². The number of hydrogen-bond donors (Lipinski definition) is 0. The third-order valence-corrected chi connectivity index (χ3v) is 4.16. The minimum Gasteiger partial charge on any atom is -0.271 e. The molecule has 1 rings (SSSR count). The van der Waals surface area contributed by atoms with Crippen molar-refractivity contribution in [1.29, 1.82) is 5.26 Å². The van der Waals surface area contributed by atoms with Crippen molar-refractivity contribution in [3.05, 3.63) is 29.3 Å². The van der Waals surface area contributed by atoms with E-state index in [0.29, 0.717) is 16.0 Å². The first-order valence-electron chi connectivity index (χ1n) is 4.72. The summed E-state index contributed by atoms with van der Waals surface area (Å²) in [7, 11) is -2.80. The van der Waals surface area contributed by atoms with Gasteiger partial charge in [0, 0.05) is 6.26 Å². The van der Waals surface area contributed by atoms with Crippen molar-refractivity contribution in [2.24, 2.45) is 4.36 Å². The molecule has 1 aromatic rings. The summed E-state index contributed by atoms with van der Waals surface area (Å²) in [5.74, 6) is -0.900. The van der Waals surface area contributed by atoms with Gasteiger partial charge in [0.1, 0.15) is 5.88 Å². The Morgan fingerprint density at radius 2 is 2.24 bits per heavy atom. The normalized spacial score (nSPS) is 13.5. The van der Waals surface area contributed by atoms with E-state index in [4.69, 9.17) is 16.9 Å². The first-order chi connectivity index (χ1) is 7.90. The minimum absolute atomic E-state index is 0.292. The van der Waals surface area contributed by atoms with Gasteiger partial charge in [-0.2, -0.15) is 9.62 Å². The first-order valence-corrected chi connectivity index (χ1v) is 7.18. The standard InChI is InChI=1S/C11H11ClN2O2S/c1-8-5-9(7-13)3-4-10(8)17(2,16)14-11(15)6-12/h3-5H,6H2,1-2H3. The Bertz CT molecular complexity index is 610. The van der Waals surface area contributed by atoms with Gasteiger partial charge in [0.25, 0.3) is 5.91 Å². The molecule has 0 spiro atoms. The van der Waals surface area contributed by atoms with E-state index in [1.165, 1.54) is 6.26 Å². The topological polar surface area (TPSA) is 70.3 Å². The van der Waals surface area contributed by atoms with Gasteiger partial charge in [0.15, 0.2) is 0 Å². The lowest BCUT2D eigenvalue weighted by Crippen LogP contribution is -2.05. The van der Waals surface area contributed by atoms with Crippen molar-refractivity contribution in [2.75, 3.05) is 12.1 Å². The Morgan fingerprint density at radius 1 is 1.59 bits per heavy atom. The van der Waals surface area contributed by atoms with Gasteiger partial charge in [0.2, 0.25) is 0 Å². The molecule has 0 saturated heterocycles. The zero-order valence-electron chi connectivity index (χ0n) is 9.44. The van der Waals surface area contributed by atoms with Crippen LogP contribution >= 0.6 is 11.6 Å². The van der Waals surface area contributed by atoms with Gasteiger partial charge in [0.05, 0.1) is 26.3 Å². The number of carbonyl (C=O) groups excluding carboxylic acids is 1. The predicted octanol–water partition coefficient (Wildman–Crippen LogP) is 2.09. The zero-order chi connectivity index (χ0) is 13.1. The summed E-state index contributed by atoms with van der Waals surface area (Å²) in [6.07, 6.45) is 1.38. The number of nitrogens with zero attached hydrogens (tertiary/aromatic N) is 2. The molecule has 0 aromatic heterocycles. The van der Waals surface area contributed by atoms with Gasteiger partial charge in [-0.25, -0.2) is 4.21 Å². The zero-order valence-corrected chi connectivity index (χ0v) is 11.0. The molecule has 0 bridgehead atoms. The summed E-state index contributed by atoms with van der Waals surface area (Å²) in [5.41, 5.74) is 1.15. The molecular formula is C11H11ClN2O2S. The van der Waals surface area contributed by atoms with Gasteiger partial charge in [-0.05, 0) is 30.7 Å². The van der Waals surface area contributed by atoms with Crippen LogP contribution in [0.15, 0.2) is 27.5 Å². The van der Waals surface area contributed by atoms with Crippen molar-refractivity contribution in [3.8, 4) is 6.07 Å². The summed E-state index contributed by atoms with van der Waals surface area (Å²) in [4.78, 5) is 11.6. The largest absolute Gasteiger partial charge is 0.271 e. The Morgan fingerprint density at radius 3 is 2.71 bits per heavy atom. The quantitative estimate of drug-likeness (QED) is 0.773. The van der Waals surface area contributed by atoms with E-state index < -0.39 is 15.6 Å². The number of benzene rings is 1. The molecule has 17 heavy (non-hydrogen) atoms. The smallest absolute Gasteiger partial charge is 0.268 e. The second kappa shape index (κ2) is 5.30. The highest BCUT2D eigenvalue weighted by atomic mass is 35.5. The van der Waals surface area contributed by atoms with Crippen LogP contribution in [0.5, 0.6) is 0 Å². The van der Waals surface area contributed by atoms with Crippen LogP contribution in [-0.2, 0) is 14.5 Å². The number of halogens is 1. The molecule has 1 unspecified atom stereocenters. The molecular weight excluding hydrogens is 260 g/mol. The van der Waals surface area contributed by atoms with Crippen LogP contribution in [0.2, 0.25) is 0 Å². The van der Waals surface area contributed by atoms with E-state index in [1.54, 1.807) is 25.1 Å². The number of amides is 1. The summed E-state index contributed by atoms with van der Waals surface area (Å²) >= 11 is 5.32. The van der Waals surface area contributed by atoms with E-state index >= 15 is 0 Å². The maximum atomic E-state index is 12.2. The van der Waals surface area contributed by atoms with Crippen molar-refractivity contribution < 1.29 is 9.00 Å². The molecule has 0 heterocycles. The molecule has 90 valence electrons. The van der Waals surface area contributed by atoms with Crippen LogP contribution in [0.3, 0.4) is 0 Å². The summed E-state index contributed by atoms with van der Waals surface area (Å²) in [6.45, 7) is 1.72. The molecule has 0 aliphatic heterocycles. The van der Waals surface area contributed by atoms with E-state index in [-0.39, 0.29) is 5.88 Å². The maximum Gasteiger partial charge on any atom is 0.268 e. The van der Waals surface area contributed by atoms with Crippen molar-refractivity contribution >= 4 is 27.2 Å². The molecule has 1 atom stereocenters. The van der Waals surface area contributed by atoms with E-state index in [9.17, 15) is 9.00 Å². The van der Waals surface area contributed by atoms with Crippen LogP contribution in [0.25, 0.3) is 0 Å². The lowest BCUT2D eigenvalue weighted by Gasteiger charge is -2.07. The number of carbonyl (C=O) groups is 1. The predicted molar refractivity (Wildman–Crippen MR) is 66.4 cm³/mol. The fourth-order valence-corrected chi connectivity index (χ4v) is 3.07. The van der Waals surface area contributed by atoms with Crippen LogP contribution < -0.4 is 0 Å². The average Bonchev–Trinajstić information content (AvgIpc) is 2.27. The molecule has 1 aromatic carbocycles. The van der Waals surface area contributed by atoms with E-state index in [1.807, 2.05) is 6.07 Å². The number of rotatable bonds is 2. The van der Waals surface area contributed by atoms with Crippen LogP contribution in [0, 0.1) is 18.3 Å². The molecule has 0 N–H and O–H groups in total. The number of aryl methyl sites for hydroxylation is 1. The monoisotopic (exact) mass is 270 g/mol. The molecule has 1 amide bonds. The van der Waals surface area contributed by atoms with Crippen LogP contribution in [0.1, 0.15) is 11.1 Å². The number of alkyl halides is 1. The molecule has 0 radical (unpaired) electrons. The average molecular weight is 271 g/mol. The van der Waals surface area contributed by atoms with Gasteiger partial charge < -0.3 is 0 Å². The lowest BCUT2D eigenvalue weighted by atomic mass is 10.2. The second-order valence-corrected chi connectivity index (χ2v) is 6.01. The third kappa shape index (κ3) is 3.29. The SMILES string of the molecule is Cc1cc(C#N)ccc1S(C)(=O)=NC(=O)CCl. The molecule has 0 aliphatic rings. The van der Waals surface area contributed by atoms with Crippen molar-refractivity contribution in [1.82, 2.24) is 0 Å². The van der Waals surface area contributed by atoms with Crippen LogP contribution in [0.4, 0.5) is 0 Å². The molecule has 0 fully saturated rings. The van der Waals surface area contributed by atoms with Gasteiger partial charge >= 0.3 is 0 Å². The van der Waals surface area contributed by atoms with Crippen molar-refractivity contribution in [3.63, 3.8) is 0 Å². The highest BCUT2D eigenvalue weighted by molar-refractivity contribution is 7.93. The minimum atomic E-state index is -2.80. The first kappa shape index (κ1) is 13.7. The molecule has 0 saturated carbocycles. The highest BCUT2D eigenvalue weighted by Gasteiger charge is 2.12. The van der Waals surface area contributed by atoms with E-state index in [0.717, 1.165) is 0 Å². The maximum absolute atomic E-state index is 12.2. The van der Waals surface area contributed by atoms with E-state index in [2.05, 4.69) is 4.36 Å². The third-order valence-electron chi connectivity index (χ3n) is 2.10. The molecule has 6 heteroatoms. The number of nitriles is 1. The Balaban J connectivity index is 3.36. The van der Waals surface area contributed by atoms with Gasteiger partial charge in [-0.15, -0.1) is 11.6 Å². The van der Waals surface area contributed by atoms with Crippen molar-refractivity contribution in [2.45, 2.75) is 11.8 Å². The molecule has 4 nitrogen and oxygen atoms in total. The lowest BCUT2D eigenvalue weighted by molar-refractivity contribution is -0.115. The Labute approximate surface area is 105 Å². The highest BCUT2D eigenvalue weighted by Crippen LogP contribution is 2.18. The summed E-state index contributed by atoms with van der Waals surface area (Å²) in [6, 6.07) is 6.70. The fraction of sp³-hybridized carbons (Fsp3) is 0.273. The second-order valence-electron chi connectivity index (χ2n) is 3.51. The Hall–Kier alpha value is -1.38. The fourth-order valence-electron chi connectivity index (χ4n) is 1.41. The van der Waals surface area contributed by atoms with Gasteiger partial charge in [-0.3, -0.25) is 4.79 Å².